The van der Waals surface area contributed by atoms with Gasteiger partial charge < -0.3 is 66.3 Å². The SMILES string of the molecule is Cc1ccc([S+](c2ccc(C)cc2)c2ccc(C)cc2)cc1.O=C(OCC(COC(F)(F)C(F)(F)S(=O)(=O)O)OC(=O)C12CC3CC(C1)C1(OCC(F)(F)C(F)(F)CO1)C(C3)C2)C12CC3CC(C1)C1(OCC(F)(F)C(F)(F)CO1)C(C3)C2.O=C(OCC(COC(F)(F)C(F)(F)S(=O)(=O)O)OC(=O)C12CC3CC(C1)C1(OCC(F)(F)C(F)(F)CO1)C(C3)C2)C12CC3CC(C1)C1(OCC(F)(F)C(F)(F)CO1)C(C3)C2. The van der Waals surface area contributed by atoms with Gasteiger partial charge in [0.25, 0.3) is 0 Å². The molecule has 794 valence electrons. The van der Waals surface area contributed by atoms with E-state index in [1.807, 2.05) is 0 Å². The summed E-state index contributed by atoms with van der Waals surface area (Å²) in [6, 6.07) is 26.8. The molecular formula is C91H101F24O24S3+. The minimum Gasteiger partial charge on any atom is -0.461 e. The first kappa shape index (κ1) is 107. The standard InChI is InChI=1S/2C35H40F12O12S.C21H21S/c2*36-28(37)13-55-32(56-14-29(28,38)39)19-1-17-2-20(32)8-26(5-17,7-19)24(48)53-11-23(12-54-34(44,45)35(46,47)60(50,51)52)59-25(49)27-6-18-3-21(9-27)33(22(4-18)10-27)57-15-30(40,41)31(42,43)16-58-33;1-16-4-10-19(11-5-16)22(20-12-6-17(2)7-13-20)21-14-8-18(3)9-15-21/h2*17-23H,1-16H2,(H,50,51,52);4-15H,1-3H3/q;;+1. The third-order valence-electron chi connectivity index (χ3n) is 32.4. The molecule has 10 unspecified atom stereocenters. The van der Waals surface area contributed by atoms with Crippen LogP contribution in [-0.4, -0.2) is 235 Å². The van der Waals surface area contributed by atoms with Gasteiger partial charge in [0.05, 0.1) is 45.8 Å². The average molecular weight is 2130 g/mol. The van der Waals surface area contributed by atoms with Gasteiger partial charge in [0.1, 0.15) is 66.1 Å². The maximum absolute atomic E-state index is 14.5. The molecule has 16 bridgehead atoms. The third kappa shape index (κ3) is 18.4. The quantitative estimate of drug-likeness (QED) is 0.0293. The lowest BCUT2D eigenvalue weighted by Gasteiger charge is -2.62. The summed E-state index contributed by atoms with van der Waals surface area (Å²) < 4.78 is 478. The first-order valence-electron chi connectivity index (χ1n) is 46.1. The van der Waals surface area contributed by atoms with E-state index in [1.165, 1.54) is 31.4 Å². The highest BCUT2D eigenvalue weighted by Crippen LogP contribution is 2.72. The molecule has 3 aromatic rings. The van der Waals surface area contributed by atoms with E-state index in [2.05, 4.69) is 103 Å². The fourth-order valence-corrected chi connectivity index (χ4v) is 28.7. The molecule has 23 rings (SSSR count). The normalized spacial score (nSPS) is 35.1. The monoisotopic (exact) mass is 2130 g/mol. The summed E-state index contributed by atoms with van der Waals surface area (Å²) in [5.41, 5.74) is -2.08. The van der Waals surface area contributed by atoms with Crippen molar-refractivity contribution in [3.05, 3.63) is 89.5 Å². The Bertz CT molecular complexity index is 4980. The van der Waals surface area contributed by atoms with Crippen LogP contribution < -0.4 is 0 Å². The number of halogens is 24. The first-order chi connectivity index (χ1) is 65.5. The van der Waals surface area contributed by atoms with Crippen LogP contribution >= 0.6 is 0 Å². The second kappa shape index (κ2) is 35.9. The lowest BCUT2D eigenvalue weighted by Crippen LogP contribution is -2.65. The summed E-state index contributed by atoms with van der Waals surface area (Å²) in [7, 11) is -13.6. The maximum Gasteiger partial charge on any atom is 0.459 e. The van der Waals surface area contributed by atoms with Gasteiger partial charge in [0.15, 0.2) is 50.0 Å². The topological polar surface area (TPSA) is 306 Å². The zero-order valence-corrected chi connectivity index (χ0v) is 78.3. The molecule has 24 nitrogen and oxygen atoms in total. The van der Waals surface area contributed by atoms with Crippen LogP contribution in [0.4, 0.5) is 105 Å². The van der Waals surface area contributed by atoms with Gasteiger partial charge in [-0.2, -0.15) is 122 Å². The molecule has 142 heavy (non-hydrogen) atoms. The number of hydrogen-bond donors (Lipinski definition) is 2. The molecule has 3 aromatic carbocycles. The molecule has 0 radical (unpaired) electrons. The van der Waals surface area contributed by atoms with Gasteiger partial charge in [0.2, 0.25) is 0 Å². The third-order valence-corrected chi connectivity index (χ3v) is 36.4. The van der Waals surface area contributed by atoms with Gasteiger partial charge >= 0.3 is 114 Å². The molecule has 4 saturated heterocycles. The summed E-state index contributed by atoms with van der Waals surface area (Å²) in [6.07, 6.45) is -16.0. The molecule has 20 fully saturated rings. The number of carbonyl (C=O) groups is 4. The molecule has 2 N–H and O–H groups in total. The molecule has 4 aliphatic heterocycles. The second-order valence-corrected chi connectivity index (χ2v) is 46.9. The van der Waals surface area contributed by atoms with E-state index >= 15 is 0 Å². The van der Waals surface area contributed by atoms with E-state index in [9.17, 15) is 141 Å². The van der Waals surface area contributed by atoms with Crippen LogP contribution in [0, 0.1) is 113 Å². The van der Waals surface area contributed by atoms with Gasteiger partial charge in [-0.15, -0.1) is 0 Å². The van der Waals surface area contributed by atoms with E-state index < -0.39 is 298 Å². The Morgan fingerprint density at radius 1 is 0.317 bits per heavy atom. The van der Waals surface area contributed by atoms with Gasteiger partial charge in [-0.05, 0) is 209 Å². The van der Waals surface area contributed by atoms with Gasteiger partial charge in [-0.1, -0.05) is 53.1 Å². The van der Waals surface area contributed by atoms with E-state index in [4.69, 9.17) is 65.9 Å². The minimum absolute atomic E-state index is 0.0394. The van der Waals surface area contributed by atoms with Crippen LogP contribution in [0.1, 0.15) is 145 Å². The number of aryl methyl sites for hydroxylation is 3. The Hall–Kier alpha value is -6.37. The molecule has 16 saturated carbocycles. The average Bonchev–Trinajstić information content (AvgIpc) is 1.23. The van der Waals surface area contributed by atoms with Crippen molar-refractivity contribution in [2.24, 2.45) is 92.7 Å². The molecule has 4 heterocycles. The molecule has 51 heteroatoms. The van der Waals surface area contributed by atoms with Crippen LogP contribution in [0.15, 0.2) is 87.5 Å². The number of alkyl halides is 24. The highest BCUT2D eigenvalue weighted by molar-refractivity contribution is 7.97. The second-order valence-electron chi connectivity index (χ2n) is 42.0. The zero-order valence-electron chi connectivity index (χ0n) is 75.8. The maximum atomic E-state index is 14.5. The highest BCUT2D eigenvalue weighted by atomic mass is 32.2. The Balaban J connectivity index is 0.000000161. The summed E-state index contributed by atoms with van der Waals surface area (Å²) in [5.74, 6) is -57.2. The van der Waals surface area contributed by atoms with Crippen LogP contribution in [0.2, 0.25) is 0 Å². The first-order valence-corrected chi connectivity index (χ1v) is 50.2. The predicted octanol–water partition coefficient (Wildman–Crippen LogP) is 18.1. The minimum atomic E-state index is -6.79. The number of esters is 4. The Morgan fingerprint density at radius 2 is 0.500 bits per heavy atom. The van der Waals surface area contributed by atoms with Crippen molar-refractivity contribution in [1.29, 1.82) is 0 Å². The fraction of sp³-hybridized carbons (Fsp3) is 0.758. The van der Waals surface area contributed by atoms with Crippen LogP contribution in [0.5, 0.6) is 0 Å². The van der Waals surface area contributed by atoms with Crippen molar-refractivity contribution in [1.82, 2.24) is 0 Å². The van der Waals surface area contributed by atoms with Crippen molar-refractivity contribution >= 4 is 55.0 Å². The van der Waals surface area contributed by atoms with E-state index in [0.717, 1.165) is 0 Å². The molecule has 0 amide bonds. The predicted molar refractivity (Wildman–Crippen MR) is 434 cm³/mol. The number of ether oxygens (including phenoxy) is 14. The molecule has 4 spiro atoms. The van der Waals surface area contributed by atoms with Gasteiger partial charge in [0, 0.05) is 47.3 Å². The van der Waals surface area contributed by atoms with Crippen molar-refractivity contribution in [3.63, 3.8) is 0 Å². The Kier molecular flexibility index (Phi) is 27.1. The van der Waals surface area contributed by atoms with E-state index in [1.54, 1.807) is 0 Å². The number of hydrogen-bond acceptors (Lipinski definition) is 22. The van der Waals surface area contributed by atoms with Crippen molar-refractivity contribution in [2.75, 3.05) is 79.3 Å². The molecule has 10 atom stereocenters. The van der Waals surface area contributed by atoms with Gasteiger partial charge in [-0.3, -0.25) is 28.3 Å². The number of rotatable bonds is 23. The van der Waals surface area contributed by atoms with E-state index in [0.29, 0.717) is 0 Å². The summed E-state index contributed by atoms with van der Waals surface area (Å²) in [5, 5.41) is -12.5. The van der Waals surface area contributed by atoms with Crippen LogP contribution in [0.3, 0.4) is 0 Å². The lowest BCUT2D eigenvalue weighted by atomic mass is 9.47. The molecule has 20 aliphatic rings. The van der Waals surface area contributed by atoms with Crippen molar-refractivity contribution < 1.29 is 217 Å². The number of carbonyl (C=O) groups excluding carboxylic acids is 4. The number of benzene rings is 3. The summed E-state index contributed by atoms with van der Waals surface area (Å²) in [6.45, 7) is -12.9. The van der Waals surface area contributed by atoms with Crippen molar-refractivity contribution in [3.8, 4) is 0 Å². The Morgan fingerprint density at radius 3 is 0.683 bits per heavy atom. The summed E-state index contributed by atoms with van der Waals surface area (Å²) in [4.78, 5) is 60.0. The zero-order chi connectivity index (χ0) is 103. The summed E-state index contributed by atoms with van der Waals surface area (Å²) >= 11 is 0. The highest BCUT2D eigenvalue weighted by Gasteiger charge is 2.78. The Labute approximate surface area is 799 Å². The molecule has 16 aliphatic carbocycles. The van der Waals surface area contributed by atoms with Gasteiger partial charge in [-0.25, -0.2) is 0 Å². The smallest absolute Gasteiger partial charge is 0.459 e. The lowest BCUT2D eigenvalue weighted by molar-refractivity contribution is -0.347. The van der Waals surface area contributed by atoms with Crippen LogP contribution in [-0.2, 0) is 117 Å². The fourth-order valence-electron chi connectivity index (χ4n) is 26.0. The van der Waals surface area contributed by atoms with Crippen LogP contribution in [0.25, 0.3) is 0 Å². The molecule has 0 aromatic heterocycles. The molecular weight excluding hydrogens is 2030 g/mol. The van der Waals surface area contributed by atoms with E-state index in [-0.39, 0.29) is 163 Å². The largest absolute Gasteiger partial charge is 0.461 e. The van der Waals surface area contributed by atoms with Crippen molar-refractivity contribution in [2.45, 2.75) is 269 Å².